The lowest BCUT2D eigenvalue weighted by atomic mass is 9.90. The number of carbonyl (C=O) groups excluding carboxylic acids is 3. The number of carbonyl (C=O) groups is 7. The van der Waals surface area contributed by atoms with E-state index in [1.54, 1.807) is 30.2 Å². The van der Waals surface area contributed by atoms with Gasteiger partial charge in [0.25, 0.3) is 5.91 Å². The second-order valence-corrected chi connectivity index (χ2v) is 20.8. The minimum Gasteiger partial charge on any atom is -0.508 e. The van der Waals surface area contributed by atoms with Crippen molar-refractivity contribution in [3.8, 4) is 28.6 Å². The van der Waals surface area contributed by atoms with Crippen LogP contribution in [0.4, 0.5) is 0 Å². The van der Waals surface area contributed by atoms with Crippen LogP contribution in [0.5, 0.6) is 11.5 Å². The molecule has 8 N–H and O–H groups in total. The van der Waals surface area contributed by atoms with Crippen molar-refractivity contribution in [1.82, 2.24) is 49.9 Å². The molecule has 1 atom stereocenters. The van der Waals surface area contributed by atoms with Gasteiger partial charge >= 0.3 is 23.9 Å². The molecule has 3 amide bonds. The van der Waals surface area contributed by atoms with E-state index in [2.05, 4.69) is 20.8 Å². The van der Waals surface area contributed by atoms with Crippen molar-refractivity contribution in [3.05, 3.63) is 53.3 Å². The predicted molar refractivity (Wildman–Crippen MR) is 301 cm³/mol. The van der Waals surface area contributed by atoms with Crippen LogP contribution in [0, 0.1) is 5.92 Å². The van der Waals surface area contributed by atoms with E-state index >= 15 is 0 Å². The maximum Gasteiger partial charge on any atom is 0.320 e. The van der Waals surface area contributed by atoms with Gasteiger partial charge in [-0.15, -0.1) is 10.2 Å². The van der Waals surface area contributed by atoms with Gasteiger partial charge in [0.15, 0.2) is 5.82 Å². The molecule has 2 saturated heterocycles. The zero-order valence-corrected chi connectivity index (χ0v) is 48.0. The molecule has 0 unspecified atom stereocenters. The molecule has 0 saturated carbocycles. The van der Waals surface area contributed by atoms with Gasteiger partial charge in [-0.25, -0.2) is 0 Å². The molecule has 27 nitrogen and oxygen atoms in total. The number of ether oxygens (including phenoxy) is 4. The minimum absolute atomic E-state index is 0.0329. The van der Waals surface area contributed by atoms with Gasteiger partial charge in [0.05, 0.1) is 84.5 Å². The molecule has 0 aliphatic carbocycles. The SMILES string of the molecule is CCNC(=O)c1nnc(-c2cc(C(C)C)c(O)cc2O)n1-c1ccc(CC2CCN(C(=O)CCOCCOCCOCCOCCNC(=O)CC[C@H](C(=O)O)N3CCN(CC(=O)O)CCN(CC(=O)O)CCN(CC(=O)O)CC3)CC2)cc1. The second kappa shape index (κ2) is 35.3. The Morgan fingerprint density at radius 1 is 0.627 bits per heavy atom. The van der Waals surface area contributed by atoms with Crippen LogP contribution in [0.2, 0.25) is 0 Å². The van der Waals surface area contributed by atoms with Crippen molar-refractivity contribution in [2.75, 3.05) is 151 Å². The summed E-state index contributed by atoms with van der Waals surface area (Å²) in [5.41, 5.74) is 2.69. The van der Waals surface area contributed by atoms with Crippen LogP contribution in [0.1, 0.15) is 80.5 Å². The number of rotatable bonds is 33. The van der Waals surface area contributed by atoms with E-state index in [-0.39, 0.29) is 165 Å². The number of carboxylic acids is 4. The molecule has 27 heteroatoms. The highest BCUT2D eigenvalue weighted by atomic mass is 16.6. The summed E-state index contributed by atoms with van der Waals surface area (Å²) in [6.45, 7) is 10.1. The zero-order valence-electron chi connectivity index (χ0n) is 48.0. The Balaban J connectivity index is 0.907. The summed E-state index contributed by atoms with van der Waals surface area (Å²) in [5, 5.41) is 73.9. The lowest BCUT2D eigenvalue weighted by molar-refractivity contribution is -0.145. The fourth-order valence-corrected chi connectivity index (χ4v) is 9.90. The molecule has 2 aliphatic rings. The largest absolute Gasteiger partial charge is 0.508 e. The van der Waals surface area contributed by atoms with Crippen molar-refractivity contribution >= 4 is 41.6 Å². The number of likely N-dealkylation sites (tertiary alicyclic amines) is 1. The Morgan fingerprint density at radius 2 is 1.14 bits per heavy atom. The molecule has 2 aromatic carbocycles. The highest BCUT2D eigenvalue weighted by molar-refractivity contribution is 5.92. The lowest BCUT2D eigenvalue weighted by Crippen LogP contribution is -2.52. The van der Waals surface area contributed by atoms with Gasteiger partial charge in [-0.05, 0) is 73.8 Å². The molecule has 0 bridgehead atoms. The third kappa shape index (κ3) is 23.0. The van der Waals surface area contributed by atoms with Gasteiger partial charge in [0.2, 0.25) is 17.6 Å². The fourth-order valence-electron chi connectivity index (χ4n) is 9.90. The first-order chi connectivity index (χ1) is 39.8. The second-order valence-electron chi connectivity index (χ2n) is 20.8. The van der Waals surface area contributed by atoms with Crippen LogP contribution in [-0.2, 0) is 54.1 Å². The van der Waals surface area contributed by atoms with Crippen LogP contribution in [0.25, 0.3) is 17.1 Å². The van der Waals surface area contributed by atoms with Crippen LogP contribution < -0.4 is 10.6 Å². The molecule has 0 radical (unpaired) electrons. The summed E-state index contributed by atoms with van der Waals surface area (Å²) in [7, 11) is 0. The molecule has 0 spiro atoms. The van der Waals surface area contributed by atoms with E-state index < -0.39 is 35.8 Å². The number of aromatic hydroxyl groups is 2. The Morgan fingerprint density at radius 3 is 1.65 bits per heavy atom. The molecule has 460 valence electrons. The van der Waals surface area contributed by atoms with Crippen LogP contribution >= 0.6 is 0 Å². The number of hydrogen-bond donors (Lipinski definition) is 8. The number of piperidine rings is 1. The average molecular weight is 1170 g/mol. The van der Waals surface area contributed by atoms with Gasteiger partial charge in [-0.3, -0.25) is 57.7 Å². The van der Waals surface area contributed by atoms with E-state index in [0.717, 1.165) is 24.8 Å². The first kappa shape index (κ1) is 66.9. The molecular weight excluding hydrogens is 1080 g/mol. The van der Waals surface area contributed by atoms with Gasteiger partial charge in [0, 0.05) is 96.7 Å². The number of benzene rings is 2. The summed E-state index contributed by atoms with van der Waals surface area (Å²) in [4.78, 5) is 94.4. The molecular formula is C56H84N10O17. The van der Waals surface area contributed by atoms with Crippen LogP contribution in [0.3, 0.4) is 0 Å². The highest BCUT2D eigenvalue weighted by Gasteiger charge is 2.30. The monoisotopic (exact) mass is 1170 g/mol. The maximum absolute atomic E-state index is 13.1. The van der Waals surface area contributed by atoms with Crippen molar-refractivity contribution in [2.24, 2.45) is 5.92 Å². The topological polar surface area (TPSA) is 349 Å². The Hall–Kier alpha value is -6.85. The average Bonchev–Trinajstić information content (AvgIpc) is 3.17. The van der Waals surface area contributed by atoms with E-state index in [0.29, 0.717) is 68.8 Å². The summed E-state index contributed by atoms with van der Waals surface area (Å²) in [5.74, 6) is -4.78. The number of aliphatic carboxylic acids is 4. The summed E-state index contributed by atoms with van der Waals surface area (Å²) < 4.78 is 23.9. The van der Waals surface area contributed by atoms with Crippen molar-refractivity contribution in [1.29, 1.82) is 0 Å². The highest BCUT2D eigenvalue weighted by Crippen LogP contribution is 2.38. The summed E-state index contributed by atoms with van der Waals surface area (Å²) in [6.07, 6.45) is 2.61. The summed E-state index contributed by atoms with van der Waals surface area (Å²) in [6, 6.07) is 9.62. The molecule has 3 aromatic rings. The molecule has 5 rings (SSSR count). The standard InChI is InChI=1S/C56H84N10O17/c1-4-57-55(77)54-60-59-53(44-34-43(39(2)3)46(67)35-47(44)68)66(54)42-7-5-40(6-8-42)33-41-11-15-65(16-12-41)49(70)13-25-80-27-29-82-31-32-83-30-28-81-26-14-58-48(69)10-9-45(56(78)79)64-23-21-62(37-51(73)74)19-17-61(36-50(71)72)18-20-63(22-24-64)38-52(75)76/h5-8,34-35,39,41,45,67-68H,4,9-33,36-38H2,1-3H3,(H,57,77)(H,58,69)(H,71,72)(H,73,74)(H,75,76)(H,78,79)/t45-/m1/s1. The Bertz CT molecular complexity index is 2530. The normalized spacial score (nSPS) is 16.0. The first-order valence-corrected chi connectivity index (χ1v) is 28.4. The van der Waals surface area contributed by atoms with E-state index in [1.807, 2.05) is 49.9 Å². The third-order valence-electron chi connectivity index (χ3n) is 14.4. The van der Waals surface area contributed by atoms with Crippen LogP contribution in [0.15, 0.2) is 36.4 Å². The zero-order chi connectivity index (χ0) is 60.3. The first-order valence-electron chi connectivity index (χ1n) is 28.4. The van der Waals surface area contributed by atoms with Gasteiger partial charge in [0.1, 0.15) is 17.5 Å². The number of nitrogens with one attached hydrogen (secondary N) is 2. The number of phenols is 2. The molecule has 83 heavy (non-hydrogen) atoms. The van der Waals surface area contributed by atoms with Gasteiger partial charge < -0.3 is 65.1 Å². The fraction of sp³-hybridized carbons (Fsp3) is 0.625. The number of phenolic OH excluding ortho intramolecular Hbond substituents is 2. The third-order valence-corrected chi connectivity index (χ3v) is 14.4. The Labute approximate surface area is 483 Å². The molecule has 1 aromatic heterocycles. The quantitative estimate of drug-likeness (QED) is 0.0398. The van der Waals surface area contributed by atoms with Gasteiger partial charge in [-0.2, -0.15) is 0 Å². The lowest BCUT2D eigenvalue weighted by Gasteiger charge is -2.35. The Kier molecular flexibility index (Phi) is 28.5. The molecule has 2 fully saturated rings. The van der Waals surface area contributed by atoms with Crippen molar-refractivity contribution in [2.45, 2.75) is 71.3 Å². The maximum atomic E-state index is 13.1. The van der Waals surface area contributed by atoms with E-state index in [1.165, 1.54) is 6.07 Å². The molecule has 3 heterocycles. The minimum atomic E-state index is -1.18. The van der Waals surface area contributed by atoms with E-state index in [4.69, 9.17) is 18.9 Å². The van der Waals surface area contributed by atoms with Crippen LogP contribution in [-0.4, -0.2) is 269 Å². The number of carboxylic acid groups (broad SMARTS) is 4. The van der Waals surface area contributed by atoms with E-state index in [9.17, 15) is 64.2 Å². The number of nitrogens with zero attached hydrogens (tertiary/aromatic N) is 8. The van der Waals surface area contributed by atoms with Crippen molar-refractivity contribution in [3.63, 3.8) is 0 Å². The number of aromatic nitrogens is 3. The molecule has 2 aliphatic heterocycles. The van der Waals surface area contributed by atoms with Gasteiger partial charge in [-0.1, -0.05) is 26.0 Å². The summed E-state index contributed by atoms with van der Waals surface area (Å²) >= 11 is 0. The number of amides is 3. The van der Waals surface area contributed by atoms with Crippen molar-refractivity contribution < 1.29 is 83.1 Å². The number of hydrogen-bond acceptors (Lipinski definition) is 19. The smallest absolute Gasteiger partial charge is 0.320 e. The predicted octanol–water partition coefficient (Wildman–Crippen LogP) is 1.28.